The molecule has 1 N–H and O–H groups in total. The lowest BCUT2D eigenvalue weighted by atomic mass is 9.95. The first-order valence-electron chi connectivity index (χ1n) is 7.64. The van der Waals surface area contributed by atoms with E-state index in [2.05, 4.69) is 0 Å². The van der Waals surface area contributed by atoms with Crippen molar-refractivity contribution in [3.8, 4) is 0 Å². The van der Waals surface area contributed by atoms with Crippen LogP contribution >= 0.6 is 0 Å². The topological polar surface area (TPSA) is 118 Å². The van der Waals surface area contributed by atoms with Crippen molar-refractivity contribution in [2.45, 2.75) is 71.4 Å². The fraction of sp³-hybridized carbons (Fsp3) is 0.800. The lowest BCUT2D eigenvalue weighted by Gasteiger charge is -2.45. The molecule has 1 rings (SSSR count). The zero-order valence-electron chi connectivity index (χ0n) is 14.4. The van der Waals surface area contributed by atoms with Gasteiger partial charge in [-0.25, -0.2) is 0 Å². The molecule has 6 atom stereocenters. The normalized spacial score (nSPS) is 31.0. The standard InChI is InChI=1S/C15H24O9/c1-6-20-15-14(23-10(5)19)13(22-9(4)18)12(21-8(3)17)11(24-15)7(2)16/h7,11-16H,6H2,1-5H3/t7-,11-,12+,13+,14-,15-/m1/s1. The number of carbonyl (C=O) groups is 3. The van der Waals surface area contributed by atoms with Crippen LogP contribution in [0.25, 0.3) is 0 Å². The van der Waals surface area contributed by atoms with Gasteiger partial charge in [0.25, 0.3) is 0 Å². The second kappa shape index (κ2) is 8.95. The first kappa shape index (κ1) is 20.3. The molecule has 0 aliphatic carbocycles. The zero-order valence-corrected chi connectivity index (χ0v) is 14.4. The summed E-state index contributed by atoms with van der Waals surface area (Å²) in [5.41, 5.74) is 0. The van der Waals surface area contributed by atoms with Crippen molar-refractivity contribution in [2.75, 3.05) is 6.61 Å². The number of rotatable bonds is 6. The summed E-state index contributed by atoms with van der Waals surface area (Å²) in [6.07, 6.45) is -6.66. The molecule has 1 aliphatic rings. The second-order valence-corrected chi connectivity index (χ2v) is 5.39. The van der Waals surface area contributed by atoms with Gasteiger partial charge in [0, 0.05) is 27.4 Å². The zero-order chi connectivity index (χ0) is 18.4. The van der Waals surface area contributed by atoms with Crippen molar-refractivity contribution in [3.63, 3.8) is 0 Å². The van der Waals surface area contributed by atoms with Gasteiger partial charge >= 0.3 is 17.9 Å². The number of ether oxygens (including phenoxy) is 5. The van der Waals surface area contributed by atoms with Crippen molar-refractivity contribution in [3.05, 3.63) is 0 Å². The summed E-state index contributed by atoms with van der Waals surface area (Å²) in [7, 11) is 0. The Morgan fingerprint density at radius 3 is 1.83 bits per heavy atom. The number of esters is 3. The third kappa shape index (κ3) is 5.43. The first-order chi connectivity index (χ1) is 11.2. The minimum absolute atomic E-state index is 0.222. The van der Waals surface area contributed by atoms with Gasteiger partial charge in [0.1, 0.15) is 6.10 Å². The van der Waals surface area contributed by atoms with Gasteiger partial charge < -0.3 is 28.8 Å². The van der Waals surface area contributed by atoms with Gasteiger partial charge in [-0.15, -0.1) is 0 Å². The summed E-state index contributed by atoms with van der Waals surface area (Å²) in [5.74, 6) is -1.99. The van der Waals surface area contributed by atoms with Gasteiger partial charge in [-0.1, -0.05) is 0 Å². The molecule has 1 fully saturated rings. The molecule has 24 heavy (non-hydrogen) atoms. The van der Waals surface area contributed by atoms with Crippen molar-refractivity contribution in [1.82, 2.24) is 0 Å². The molecule has 0 aromatic heterocycles. The van der Waals surface area contributed by atoms with E-state index in [4.69, 9.17) is 23.7 Å². The van der Waals surface area contributed by atoms with E-state index in [-0.39, 0.29) is 6.61 Å². The van der Waals surface area contributed by atoms with E-state index in [1.54, 1.807) is 6.92 Å². The maximum Gasteiger partial charge on any atom is 0.303 e. The molecule has 0 saturated carbocycles. The molecule has 1 saturated heterocycles. The van der Waals surface area contributed by atoms with Gasteiger partial charge in [0.05, 0.1) is 6.10 Å². The Morgan fingerprint density at radius 1 is 0.958 bits per heavy atom. The van der Waals surface area contributed by atoms with Gasteiger partial charge in [-0.3, -0.25) is 14.4 Å². The summed E-state index contributed by atoms with van der Waals surface area (Å²) in [4.78, 5) is 34.3. The molecular weight excluding hydrogens is 324 g/mol. The predicted octanol–water partition coefficient (Wildman–Crippen LogP) is -0.0763. The highest BCUT2D eigenvalue weighted by Crippen LogP contribution is 2.30. The van der Waals surface area contributed by atoms with Crippen LogP contribution in [0.15, 0.2) is 0 Å². The van der Waals surface area contributed by atoms with Crippen LogP contribution in [-0.4, -0.2) is 66.4 Å². The molecule has 0 amide bonds. The van der Waals surface area contributed by atoms with Crippen molar-refractivity contribution >= 4 is 17.9 Å². The predicted molar refractivity (Wildman–Crippen MR) is 78.6 cm³/mol. The fourth-order valence-corrected chi connectivity index (χ4v) is 2.49. The average molecular weight is 348 g/mol. The number of aliphatic hydroxyl groups is 1. The van der Waals surface area contributed by atoms with Gasteiger partial charge in [0.2, 0.25) is 0 Å². The molecule has 9 heteroatoms. The molecule has 1 aliphatic heterocycles. The van der Waals surface area contributed by atoms with Crippen LogP contribution in [0.1, 0.15) is 34.6 Å². The third-order valence-corrected chi connectivity index (χ3v) is 3.24. The Bertz CT molecular complexity index is 462. The van der Waals surface area contributed by atoms with E-state index < -0.39 is 54.7 Å². The molecule has 0 unspecified atom stereocenters. The SMILES string of the molecule is CCO[C@@H]1O[C@H]([C@@H](C)O)[C@H](OC(C)=O)[C@H](OC(C)=O)[C@H]1OC(C)=O. The number of carbonyl (C=O) groups excluding carboxylic acids is 3. The van der Waals surface area contributed by atoms with E-state index in [0.717, 1.165) is 6.92 Å². The lowest BCUT2D eigenvalue weighted by Crippen LogP contribution is -2.64. The minimum Gasteiger partial charge on any atom is -0.456 e. The third-order valence-electron chi connectivity index (χ3n) is 3.24. The summed E-state index contributed by atoms with van der Waals surface area (Å²) >= 11 is 0. The molecule has 9 nitrogen and oxygen atoms in total. The highest BCUT2D eigenvalue weighted by molar-refractivity contribution is 5.68. The van der Waals surface area contributed by atoms with Crippen LogP contribution in [0.5, 0.6) is 0 Å². The van der Waals surface area contributed by atoms with E-state index in [1.165, 1.54) is 20.8 Å². The van der Waals surface area contributed by atoms with Crippen LogP contribution in [0, 0.1) is 0 Å². The lowest BCUT2D eigenvalue weighted by molar-refractivity contribution is -0.313. The van der Waals surface area contributed by atoms with Gasteiger partial charge in [0.15, 0.2) is 24.6 Å². The molecular formula is C15H24O9. The molecule has 0 aromatic rings. The summed E-state index contributed by atoms with van der Waals surface area (Å²) in [5, 5.41) is 9.95. The van der Waals surface area contributed by atoms with Crippen LogP contribution in [0.2, 0.25) is 0 Å². The fourth-order valence-electron chi connectivity index (χ4n) is 2.49. The largest absolute Gasteiger partial charge is 0.456 e. The quantitative estimate of drug-likeness (QED) is 0.519. The molecule has 0 bridgehead atoms. The number of aliphatic hydroxyl groups excluding tert-OH is 1. The monoisotopic (exact) mass is 348 g/mol. The molecule has 0 aromatic carbocycles. The molecule has 1 heterocycles. The van der Waals surface area contributed by atoms with Crippen LogP contribution in [0.3, 0.4) is 0 Å². The molecule has 0 radical (unpaired) electrons. The van der Waals surface area contributed by atoms with E-state index in [1.807, 2.05) is 0 Å². The van der Waals surface area contributed by atoms with Crippen molar-refractivity contribution in [2.24, 2.45) is 0 Å². The Hall–Kier alpha value is -1.71. The van der Waals surface area contributed by atoms with Gasteiger partial charge in [-0.2, -0.15) is 0 Å². The second-order valence-electron chi connectivity index (χ2n) is 5.39. The Labute approximate surface area is 140 Å². The highest BCUT2D eigenvalue weighted by Gasteiger charge is 2.53. The maximum atomic E-state index is 11.5. The Balaban J connectivity index is 3.25. The smallest absolute Gasteiger partial charge is 0.303 e. The number of hydrogen-bond acceptors (Lipinski definition) is 9. The first-order valence-corrected chi connectivity index (χ1v) is 7.64. The summed E-state index contributed by atoms with van der Waals surface area (Å²) < 4.78 is 26.6. The van der Waals surface area contributed by atoms with E-state index in [0.29, 0.717) is 0 Å². The minimum atomic E-state index is -1.18. The highest BCUT2D eigenvalue weighted by atomic mass is 16.7. The summed E-state index contributed by atoms with van der Waals surface area (Å²) in [6, 6.07) is 0. The van der Waals surface area contributed by atoms with Gasteiger partial charge in [-0.05, 0) is 13.8 Å². The van der Waals surface area contributed by atoms with Crippen LogP contribution < -0.4 is 0 Å². The molecule has 138 valence electrons. The van der Waals surface area contributed by atoms with Crippen LogP contribution in [0.4, 0.5) is 0 Å². The average Bonchev–Trinajstić information content (AvgIpc) is 2.43. The van der Waals surface area contributed by atoms with E-state index >= 15 is 0 Å². The molecule has 0 spiro atoms. The summed E-state index contributed by atoms with van der Waals surface area (Å²) in [6.45, 7) is 6.86. The van der Waals surface area contributed by atoms with E-state index in [9.17, 15) is 19.5 Å². The number of hydrogen-bond donors (Lipinski definition) is 1. The van der Waals surface area contributed by atoms with Crippen molar-refractivity contribution in [1.29, 1.82) is 0 Å². The van der Waals surface area contributed by atoms with Crippen molar-refractivity contribution < 1.29 is 43.2 Å². The Morgan fingerprint density at radius 2 is 1.42 bits per heavy atom. The van der Waals surface area contributed by atoms with Crippen LogP contribution in [-0.2, 0) is 38.1 Å². The Kier molecular flexibility index (Phi) is 7.59. The maximum absolute atomic E-state index is 11.5.